The smallest absolute Gasteiger partial charge is 0.314 e. The van der Waals surface area contributed by atoms with Gasteiger partial charge < -0.3 is 14.7 Å². The molecule has 3 rings (SSSR count). The van der Waals surface area contributed by atoms with Crippen LogP contribution < -0.4 is 0 Å². The highest BCUT2D eigenvalue weighted by atomic mass is 16.5. The standard InChI is InChI=1S/C12H21NO3/c1-11(2,10(14)16-3)12(15)8-13-6-4-9(12)5-7-13/h9,15H,4-8H2,1-3H3. The molecule has 0 amide bonds. The zero-order valence-electron chi connectivity index (χ0n) is 10.3. The summed E-state index contributed by atoms with van der Waals surface area (Å²) in [5.41, 5.74) is -1.76. The van der Waals surface area contributed by atoms with Gasteiger partial charge in [0.05, 0.1) is 18.1 Å². The minimum absolute atomic E-state index is 0.228. The maximum absolute atomic E-state index is 11.8. The normalized spacial score (nSPS) is 38.5. The van der Waals surface area contributed by atoms with Crippen molar-refractivity contribution in [1.82, 2.24) is 4.90 Å². The number of carbonyl (C=O) groups is 1. The van der Waals surface area contributed by atoms with Gasteiger partial charge in [-0.05, 0) is 45.7 Å². The zero-order chi connectivity index (χ0) is 12.0. The Morgan fingerprint density at radius 2 is 2.00 bits per heavy atom. The number of ether oxygens (including phenoxy) is 1. The fourth-order valence-corrected chi connectivity index (χ4v) is 3.18. The number of methoxy groups -OCH3 is 1. The Labute approximate surface area is 96.6 Å². The fraction of sp³-hybridized carbons (Fsp3) is 0.917. The van der Waals surface area contributed by atoms with Crippen molar-refractivity contribution in [2.45, 2.75) is 32.3 Å². The third-order valence-corrected chi connectivity index (χ3v) is 4.51. The van der Waals surface area contributed by atoms with E-state index in [1.54, 1.807) is 13.8 Å². The number of nitrogens with zero attached hydrogens (tertiary/aromatic N) is 1. The van der Waals surface area contributed by atoms with E-state index in [2.05, 4.69) is 4.90 Å². The average Bonchev–Trinajstić information content (AvgIpc) is 2.29. The van der Waals surface area contributed by atoms with E-state index >= 15 is 0 Å². The maximum atomic E-state index is 11.8. The Morgan fingerprint density at radius 3 is 2.38 bits per heavy atom. The summed E-state index contributed by atoms with van der Waals surface area (Å²) < 4.78 is 4.82. The molecular formula is C12H21NO3. The van der Waals surface area contributed by atoms with E-state index < -0.39 is 11.0 Å². The summed E-state index contributed by atoms with van der Waals surface area (Å²) in [6.45, 7) is 6.27. The summed E-state index contributed by atoms with van der Waals surface area (Å²) >= 11 is 0. The number of aliphatic hydroxyl groups is 1. The van der Waals surface area contributed by atoms with Crippen molar-refractivity contribution in [3.63, 3.8) is 0 Å². The molecule has 3 saturated heterocycles. The Bertz CT molecular complexity index is 295. The van der Waals surface area contributed by atoms with E-state index in [9.17, 15) is 9.90 Å². The van der Waals surface area contributed by atoms with E-state index in [1.807, 2.05) is 0 Å². The van der Waals surface area contributed by atoms with Crippen molar-refractivity contribution in [3.05, 3.63) is 0 Å². The summed E-state index contributed by atoms with van der Waals surface area (Å²) in [5.74, 6) is -0.0876. The van der Waals surface area contributed by atoms with E-state index in [-0.39, 0.29) is 11.9 Å². The van der Waals surface area contributed by atoms with Crippen molar-refractivity contribution in [1.29, 1.82) is 0 Å². The molecule has 0 aromatic carbocycles. The summed E-state index contributed by atoms with van der Waals surface area (Å²) in [5, 5.41) is 10.8. The molecule has 3 fully saturated rings. The van der Waals surface area contributed by atoms with Gasteiger partial charge in [0.1, 0.15) is 0 Å². The van der Waals surface area contributed by atoms with E-state index in [0.29, 0.717) is 6.54 Å². The van der Waals surface area contributed by atoms with Gasteiger partial charge >= 0.3 is 5.97 Å². The van der Waals surface area contributed by atoms with Gasteiger partial charge in [-0.1, -0.05) is 0 Å². The molecule has 0 aromatic heterocycles. The first kappa shape index (κ1) is 11.9. The van der Waals surface area contributed by atoms with Gasteiger partial charge in [-0.25, -0.2) is 0 Å². The van der Waals surface area contributed by atoms with E-state index in [4.69, 9.17) is 4.74 Å². The first-order valence-electron chi connectivity index (χ1n) is 5.95. The lowest BCUT2D eigenvalue weighted by atomic mass is 9.62. The minimum Gasteiger partial charge on any atom is -0.469 e. The zero-order valence-corrected chi connectivity index (χ0v) is 10.3. The topological polar surface area (TPSA) is 49.8 Å². The molecule has 4 nitrogen and oxygen atoms in total. The lowest BCUT2D eigenvalue weighted by Crippen LogP contribution is -2.67. The van der Waals surface area contributed by atoms with E-state index in [0.717, 1.165) is 25.9 Å². The van der Waals surface area contributed by atoms with Crippen LogP contribution in [0.1, 0.15) is 26.7 Å². The van der Waals surface area contributed by atoms with Gasteiger partial charge in [0.2, 0.25) is 0 Å². The Morgan fingerprint density at radius 1 is 1.44 bits per heavy atom. The SMILES string of the molecule is COC(=O)C(C)(C)C1(O)CN2CCC1CC2. The molecule has 2 bridgehead atoms. The summed E-state index contributed by atoms with van der Waals surface area (Å²) in [6, 6.07) is 0. The van der Waals surface area contributed by atoms with Crippen molar-refractivity contribution in [2.24, 2.45) is 11.3 Å². The van der Waals surface area contributed by atoms with Crippen LogP contribution in [-0.4, -0.2) is 48.3 Å². The predicted molar refractivity (Wildman–Crippen MR) is 59.9 cm³/mol. The monoisotopic (exact) mass is 227 g/mol. The molecular weight excluding hydrogens is 206 g/mol. The van der Waals surface area contributed by atoms with Crippen LogP contribution in [0.2, 0.25) is 0 Å². The minimum atomic E-state index is -0.934. The first-order valence-corrected chi connectivity index (χ1v) is 5.95. The molecule has 0 aromatic rings. The molecule has 0 saturated carbocycles. The van der Waals surface area contributed by atoms with Gasteiger partial charge in [0.25, 0.3) is 0 Å². The Balaban J connectivity index is 2.28. The van der Waals surface area contributed by atoms with Gasteiger partial charge in [-0.15, -0.1) is 0 Å². The molecule has 4 heteroatoms. The quantitative estimate of drug-likeness (QED) is 0.703. The predicted octanol–water partition coefficient (Wildman–Crippen LogP) is 0.642. The molecule has 0 spiro atoms. The molecule has 0 radical (unpaired) electrons. The molecule has 92 valence electrons. The van der Waals surface area contributed by atoms with Gasteiger partial charge in [0, 0.05) is 6.54 Å². The number of piperidine rings is 3. The second kappa shape index (κ2) is 3.70. The lowest BCUT2D eigenvalue weighted by molar-refractivity contribution is -0.199. The summed E-state index contributed by atoms with van der Waals surface area (Å²) in [7, 11) is 1.38. The van der Waals surface area contributed by atoms with Crippen LogP contribution in [0.3, 0.4) is 0 Å². The van der Waals surface area contributed by atoms with Crippen LogP contribution in [0.5, 0.6) is 0 Å². The van der Waals surface area contributed by atoms with Crippen LogP contribution in [0, 0.1) is 11.3 Å². The highest BCUT2D eigenvalue weighted by Crippen LogP contribution is 2.46. The molecule has 3 aliphatic rings. The number of hydrogen-bond donors (Lipinski definition) is 1. The highest BCUT2D eigenvalue weighted by Gasteiger charge is 2.58. The van der Waals surface area contributed by atoms with Crippen molar-refractivity contribution < 1.29 is 14.6 Å². The highest BCUT2D eigenvalue weighted by molar-refractivity contribution is 5.77. The third kappa shape index (κ3) is 1.47. The third-order valence-electron chi connectivity index (χ3n) is 4.51. The van der Waals surface area contributed by atoms with Crippen LogP contribution in [0.15, 0.2) is 0 Å². The molecule has 1 atom stereocenters. The Kier molecular flexibility index (Phi) is 2.75. The lowest BCUT2D eigenvalue weighted by Gasteiger charge is -2.55. The van der Waals surface area contributed by atoms with Crippen LogP contribution in [0.25, 0.3) is 0 Å². The molecule has 3 aliphatic heterocycles. The summed E-state index contributed by atoms with van der Waals surface area (Å²) in [6.07, 6.45) is 1.97. The van der Waals surface area contributed by atoms with Gasteiger partial charge in [-0.3, -0.25) is 4.79 Å². The maximum Gasteiger partial charge on any atom is 0.314 e. The van der Waals surface area contributed by atoms with Crippen LogP contribution >= 0.6 is 0 Å². The van der Waals surface area contributed by atoms with E-state index in [1.165, 1.54) is 7.11 Å². The molecule has 1 N–H and O–H groups in total. The Hall–Kier alpha value is -0.610. The van der Waals surface area contributed by atoms with Crippen LogP contribution in [0.4, 0.5) is 0 Å². The molecule has 16 heavy (non-hydrogen) atoms. The first-order chi connectivity index (χ1) is 7.41. The molecule has 3 heterocycles. The number of carbonyl (C=O) groups excluding carboxylic acids is 1. The second-order valence-corrected chi connectivity index (χ2v) is 5.59. The van der Waals surface area contributed by atoms with Crippen molar-refractivity contribution >= 4 is 5.97 Å². The molecule has 0 aliphatic carbocycles. The van der Waals surface area contributed by atoms with Gasteiger partial charge in [-0.2, -0.15) is 0 Å². The number of hydrogen-bond acceptors (Lipinski definition) is 4. The number of esters is 1. The fourth-order valence-electron chi connectivity index (χ4n) is 3.18. The van der Waals surface area contributed by atoms with Gasteiger partial charge in [0.15, 0.2) is 0 Å². The van der Waals surface area contributed by atoms with Crippen molar-refractivity contribution in [2.75, 3.05) is 26.7 Å². The van der Waals surface area contributed by atoms with Crippen LogP contribution in [-0.2, 0) is 9.53 Å². The number of fused-ring (bicyclic) bond motifs is 3. The summed E-state index contributed by atoms with van der Waals surface area (Å²) in [4.78, 5) is 14.1. The largest absolute Gasteiger partial charge is 0.469 e. The second-order valence-electron chi connectivity index (χ2n) is 5.59. The molecule has 1 unspecified atom stereocenters. The average molecular weight is 227 g/mol. The van der Waals surface area contributed by atoms with Crippen molar-refractivity contribution in [3.8, 4) is 0 Å². The number of rotatable bonds is 2.